The van der Waals surface area contributed by atoms with Crippen LogP contribution in [0.2, 0.25) is 0 Å². The SMILES string of the molecule is Cc1cc(C)cc(N(CC(=O)N(Cc2ccc(F)cc2)[C@H](Cc2ccccc2)C(=O)NC2CCCCC2)S(=O)(=O)c2ccccc2)c1. The van der Waals surface area contributed by atoms with Gasteiger partial charge in [0.05, 0.1) is 10.6 Å². The summed E-state index contributed by atoms with van der Waals surface area (Å²) in [7, 11) is -4.19. The first-order valence-corrected chi connectivity index (χ1v) is 17.6. The van der Waals surface area contributed by atoms with Gasteiger partial charge in [-0.2, -0.15) is 0 Å². The molecule has 4 aromatic rings. The summed E-state index contributed by atoms with van der Waals surface area (Å²) < 4.78 is 43.4. The van der Waals surface area contributed by atoms with Gasteiger partial charge in [0.1, 0.15) is 18.4 Å². The van der Waals surface area contributed by atoms with Gasteiger partial charge < -0.3 is 10.2 Å². The number of nitrogens with one attached hydrogen (secondary N) is 1. The number of hydrogen-bond acceptors (Lipinski definition) is 4. The van der Waals surface area contributed by atoms with Gasteiger partial charge in [0.2, 0.25) is 11.8 Å². The lowest BCUT2D eigenvalue weighted by Crippen LogP contribution is -2.55. The molecule has 0 unspecified atom stereocenters. The third-order valence-electron chi connectivity index (χ3n) is 8.59. The molecule has 9 heteroatoms. The minimum atomic E-state index is -4.19. The molecule has 47 heavy (non-hydrogen) atoms. The molecule has 0 saturated heterocycles. The van der Waals surface area contributed by atoms with Crippen LogP contribution in [-0.2, 0) is 32.6 Å². The van der Waals surface area contributed by atoms with E-state index in [2.05, 4.69) is 5.32 Å². The lowest BCUT2D eigenvalue weighted by Gasteiger charge is -2.35. The lowest BCUT2D eigenvalue weighted by molar-refractivity contribution is -0.140. The van der Waals surface area contributed by atoms with E-state index in [0.717, 1.165) is 53.1 Å². The summed E-state index contributed by atoms with van der Waals surface area (Å²) >= 11 is 0. The Balaban J connectivity index is 1.57. The fourth-order valence-electron chi connectivity index (χ4n) is 6.23. The zero-order chi connectivity index (χ0) is 33.4. The van der Waals surface area contributed by atoms with Crippen molar-refractivity contribution in [1.29, 1.82) is 0 Å². The maximum absolute atomic E-state index is 14.6. The Labute approximate surface area is 277 Å². The summed E-state index contributed by atoms with van der Waals surface area (Å²) in [4.78, 5) is 30.3. The predicted octanol–water partition coefficient (Wildman–Crippen LogP) is 6.73. The lowest BCUT2D eigenvalue weighted by atomic mass is 9.94. The van der Waals surface area contributed by atoms with E-state index < -0.39 is 34.3 Å². The normalized spacial score (nSPS) is 14.3. The van der Waals surface area contributed by atoms with Crippen LogP contribution < -0.4 is 9.62 Å². The van der Waals surface area contributed by atoms with E-state index in [4.69, 9.17) is 0 Å². The van der Waals surface area contributed by atoms with Gasteiger partial charge in [0.25, 0.3) is 10.0 Å². The van der Waals surface area contributed by atoms with Gasteiger partial charge in [-0.3, -0.25) is 13.9 Å². The molecule has 0 bridgehead atoms. The fraction of sp³-hybridized carbons (Fsp3) is 0.316. The van der Waals surface area contributed by atoms with E-state index in [1.165, 1.54) is 29.2 Å². The second kappa shape index (κ2) is 15.4. The maximum atomic E-state index is 14.6. The highest BCUT2D eigenvalue weighted by atomic mass is 32.2. The van der Waals surface area contributed by atoms with E-state index in [0.29, 0.717) is 11.3 Å². The number of rotatable bonds is 12. The number of benzene rings is 4. The molecule has 0 heterocycles. The molecule has 0 aromatic heterocycles. The molecule has 1 N–H and O–H groups in total. The van der Waals surface area contributed by atoms with E-state index in [1.54, 1.807) is 42.5 Å². The Bertz CT molecular complexity index is 1740. The molecule has 0 spiro atoms. The van der Waals surface area contributed by atoms with Gasteiger partial charge >= 0.3 is 0 Å². The monoisotopic (exact) mass is 655 g/mol. The zero-order valence-electron chi connectivity index (χ0n) is 26.9. The molecule has 1 saturated carbocycles. The highest BCUT2D eigenvalue weighted by Crippen LogP contribution is 2.27. The highest BCUT2D eigenvalue weighted by Gasteiger charge is 2.35. The summed E-state index contributed by atoms with van der Waals surface area (Å²) in [6.07, 6.45) is 5.13. The third kappa shape index (κ3) is 8.86. The largest absolute Gasteiger partial charge is 0.352 e. The van der Waals surface area contributed by atoms with E-state index in [1.807, 2.05) is 50.2 Å². The first kappa shape index (κ1) is 33.9. The number of aryl methyl sites for hydroxylation is 2. The highest BCUT2D eigenvalue weighted by molar-refractivity contribution is 7.92. The summed E-state index contributed by atoms with van der Waals surface area (Å²) in [6.45, 7) is 3.19. The molecule has 246 valence electrons. The fourth-order valence-corrected chi connectivity index (χ4v) is 7.65. The van der Waals surface area contributed by atoms with Gasteiger partial charge in [-0.1, -0.05) is 86.0 Å². The summed E-state index contributed by atoms with van der Waals surface area (Å²) in [5.74, 6) is -1.26. The van der Waals surface area contributed by atoms with Gasteiger partial charge in [-0.25, -0.2) is 12.8 Å². The van der Waals surface area contributed by atoms with Crippen molar-refractivity contribution in [3.8, 4) is 0 Å². The van der Waals surface area contributed by atoms with Crippen molar-refractivity contribution in [2.75, 3.05) is 10.8 Å². The van der Waals surface area contributed by atoms with Crippen molar-refractivity contribution in [3.05, 3.63) is 131 Å². The van der Waals surface area contributed by atoms with Crippen LogP contribution in [-0.4, -0.2) is 43.8 Å². The van der Waals surface area contributed by atoms with Crippen LogP contribution in [0, 0.1) is 19.7 Å². The molecule has 1 aliphatic carbocycles. The summed E-state index contributed by atoms with van der Waals surface area (Å²) in [6, 6.07) is 27.7. The number of sulfonamides is 1. The number of nitrogens with zero attached hydrogens (tertiary/aromatic N) is 2. The molecule has 0 radical (unpaired) electrons. The molecule has 1 fully saturated rings. The molecule has 7 nitrogen and oxygen atoms in total. The quantitative estimate of drug-likeness (QED) is 0.184. The number of hydrogen-bond donors (Lipinski definition) is 1. The number of amides is 2. The van der Waals surface area contributed by atoms with Crippen molar-refractivity contribution in [2.45, 2.75) is 75.9 Å². The van der Waals surface area contributed by atoms with Gasteiger partial charge in [0, 0.05) is 19.0 Å². The van der Waals surface area contributed by atoms with Crippen molar-refractivity contribution >= 4 is 27.5 Å². The molecular formula is C38H42FN3O4S. The number of halogens is 1. The Morgan fingerprint density at radius 1 is 0.809 bits per heavy atom. The summed E-state index contributed by atoms with van der Waals surface area (Å²) in [5.41, 5.74) is 3.52. The van der Waals surface area contributed by atoms with Crippen LogP contribution in [0.25, 0.3) is 0 Å². The molecule has 2 amide bonds. The first-order chi connectivity index (χ1) is 22.6. The molecular weight excluding hydrogens is 614 g/mol. The maximum Gasteiger partial charge on any atom is 0.264 e. The minimum absolute atomic E-state index is 0.00234. The van der Waals surface area contributed by atoms with Gasteiger partial charge in [-0.05, 0) is 85.3 Å². The Hall–Kier alpha value is -4.50. The third-order valence-corrected chi connectivity index (χ3v) is 10.4. The van der Waals surface area contributed by atoms with E-state index >= 15 is 0 Å². The zero-order valence-corrected chi connectivity index (χ0v) is 27.8. The second-order valence-corrected chi connectivity index (χ2v) is 14.2. The first-order valence-electron chi connectivity index (χ1n) is 16.1. The molecule has 1 aliphatic rings. The van der Waals surface area contributed by atoms with Crippen LogP contribution in [0.5, 0.6) is 0 Å². The molecule has 1 atom stereocenters. The minimum Gasteiger partial charge on any atom is -0.352 e. The average Bonchev–Trinajstić information content (AvgIpc) is 3.06. The van der Waals surface area contributed by atoms with Crippen LogP contribution in [0.3, 0.4) is 0 Å². The Kier molecular flexibility index (Phi) is 11.1. The van der Waals surface area contributed by atoms with E-state index in [-0.39, 0.29) is 29.8 Å². The molecule has 0 aliphatic heterocycles. The summed E-state index contributed by atoms with van der Waals surface area (Å²) in [5, 5.41) is 3.20. The average molecular weight is 656 g/mol. The smallest absolute Gasteiger partial charge is 0.264 e. The molecule has 5 rings (SSSR count). The standard InChI is InChI=1S/C38H42FN3O4S/c1-28-22-29(2)24-34(23-28)42(47(45,46)35-16-10-5-11-17-35)27-37(43)41(26-31-18-20-32(39)21-19-31)36(25-30-12-6-3-7-13-30)38(44)40-33-14-8-4-9-15-33/h3,5-7,10-13,16-24,33,36H,4,8-9,14-15,25-27H2,1-2H3,(H,40,44)/t36-/m1/s1. The Morgan fingerprint density at radius 2 is 1.40 bits per heavy atom. The topological polar surface area (TPSA) is 86.8 Å². The van der Waals surface area contributed by atoms with Gasteiger partial charge in [-0.15, -0.1) is 0 Å². The molecule has 4 aromatic carbocycles. The van der Waals surface area contributed by atoms with Crippen molar-refractivity contribution in [1.82, 2.24) is 10.2 Å². The van der Waals surface area contributed by atoms with Gasteiger partial charge in [0.15, 0.2) is 0 Å². The number of carbonyl (C=O) groups is 2. The Morgan fingerprint density at radius 3 is 2.02 bits per heavy atom. The van der Waals surface area contributed by atoms with Crippen molar-refractivity contribution in [2.24, 2.45) is 0 Å². The van der Waals surface area contributed by atoms with Crippen LogP contribution in [0.15, 0.2) is 108 Å². The van der Waals surface area contributed by atoms with E-state index in [9.17, 15) is 22.4 Å². The van der Waals surface area contributed by atoms with Crippen LogP contribution in [0.1, 0.15) is 54.4 Å². The second-order valence-electron chi connectivity index (χ2n) is 12.4. The van der Waals surface area contributed by atoms with Crippen molar-refractivity contribution < 1.29 is 22.4 Å². The predicted molar refractivity (Wildman–Crippen MR) is 183 cm³/mol. The number of anilines is 1. The van der Waals surface area contributed by atoms with Crippen molar-refractivity contribution in [3.63, 3.8) is 0 Å². The van der Waals surface area contributed by atoms with Crippen LogP contribution in [0.4, 0.5) is 10.1 Å². The van der Waals surface area contributed by atoms with Crippen LogP contribution >= 0.6 is 0 Å². The number of carbonyl (C=O) groups excluding carboxylic acids is 2.